The molecule has 0 amide bonds. The molecule has 2 aromatic rings. The lowest BCUT2D eigenvalue weighted by atomic mass is 10.1. The zero-order valence-electron chi connectivity index (χ0n) is 15.2. The average molecular weight is 403 g/mol. The molecule has 4 rings (SSSR count). The molecule has 0 radical (unpaired) electrons. The Morgan fingerprint density at radius 2 is 1.57 bits per heavy atom. The summed E-state index contributed by atoms with van der Waals surface area (Å²) in [5.41, 5.74) is 1.09. The fraction of sp³-hybridized carbons (Fsp3) is 0.368. The van der Waals surface area contributed by atoms with E-state index in [1.165, 1.54) is 34.1 Å². The number of nitro groups is 1. The van der Waals surface area contributed by atoms with Gasteiger partial charge in [0.15, 0.2) is 0 Å². The number of benzene rings is 2. The second kappa shape index (κ2) is 7.59. The number of non-ortho nitro benzene ring substituents is 1. The van der Waals surface area contributed by atoms with Gasteiger partial charge in [0, 0.05) is 44.9 Å². The highest BCUT2D eigenvalue weighted by molar-refractivity contribution is 7.89. The lowest BCUT2D eigenvalue weighted by molar-refractivity contribution is -0.384. The number of fused-ring (bicyclic) bond motifs is 2. The second-order valence-corrected chi connectivity index (χ2v) is 9.07. The molecular weight excluding hydrogens is 382 g/mol. The van der Waals surface area contributed by atoms with Crippen LogP contribution in [0.3, 0.4) is 0 Å². The number of hydrogen-bond donors (Lipinski definition) is 0. The number of hydrogen-bond acceptors (Lipinski definition) is 6. The minimum atomic E-state index is -3.71. The molecule has 148 valence electrons. The normalized spacial score (nSPS) is 23.4. The lowest BCUT2D eigenvalue weighted by Crippen LogP contribution is -2.60. The average Bonchev–Trinajstić information content (AvgIpc) is 2.68. The molecule has 8 nitrogen and oxygen atoms in total. The lowest BCUT2D eigenvalue weighted by Gasteiger charge is -2.45. The van der Waals surface area contributed by atoms with Gasteiger partial charge in [-0.05, 0) is 17.7 Å². The second-order valence-electron chi connectivity index (χ2n) is 7.13. The Labute approximate surface area is 163 Å². The minimum Gasteiger partial charge on any atom is -0.370 e. The van der Waals surface area contributed by atoms with Gasteiger partial charge >= 0.3 is 0 Å². The summed E-state index contributed by atoms with van der Waals surface area (Å²) in [6.07, 6.45) is -0.381. The Morgan fingerprint density at radius 1 is 0.964 bits per heavy atom. The van der Waals surface area contributed by atoms with E-state index in [9.17, 15) is 18.5 Å². The first-order valence-electron chi connectivity index (χ1n) is 9.08. The zero-order chi connectivity index (χ0) is 19.7. The van der Waals surface area contributed by atoms with Crippen molar-refractivity contribution in [1.29, 1.82) is 0 Å². The van der Waals surface area contributed by atoms with Gasteiger partial charge in [-0.15, -0.1) is 0 Å². The third-order valence-electron chi connectivity index (χ3n) is 5.06. The smallest absolute Gasteiger partial charge is 0.269 e. The molecule has 0 spiro atoms. The summed E-state index contributed by atoms with van der Waals surface area (Å²) in [6, 6.07) is 15.2. The molecular formula is C19H21N3O5S. The third-order valence-corrected chi connectivity index (χ3v) is 6.90. The Kier molecular flexibility index (Phi) is 5.15. The Bertz CT molecular complexity index is 935. The topological polar surface area (TPSA) is 93.0 Å². The molecule has 2 aromatic carbocycles. The number of morpholine rings is 2. The molecule has 2 aliphatic heterocycles. The van der Waals surface area contributed by atoms with Crippen molar-refractivity contribution in [3.63, 3.8) is 0 Å². The molecule has 0 saturated carbocycles. The van der Waals surface area contributed by atoms with Gasteiger partial charge in [0.05, 0.1) is 22.0 Å². The van der Waals surface area contributed by atoms with E-state index in [1.807, 2.05) is 18.2 Å². The van der Waals surface area contributed by atoms with Gasteiger partial charge < -0.3 is 4.74 Å². The first kappa shape index (κ1) is 19.0. The summed E-state index contributed by atoms with van der Waals surface area (Å²) in [6.45, 7) is 2.70. The van der Waals surface area contributed by atoms with Gasteiger partial charge in [-0.3, -0.25) is 15.0 Å². The summed E-state index contributed by atoms with van der Waals surface area (Å²) in [7, 11) is -3.71. The van der Waals surface area contributed by atoms with Crippen LogP contribution in [0.4, 0.5) is 5.69 Å². The summed E-state index contributed by atoms with van der Waals surface area (Å²) in [4.78, 5) is 12.6. The third kappa shape index (κ3) is 3.93. The summed E-state index contributed by atoms with van der Waals surface area (Å²) < 4.78 is 33.3. The van der Waals surface area contributed by atoms with Gasteiger partial charge in [-0.2, -0.15) is 4.31 Å². The highest BCUT2D eigenvalue weighted by atomic mass is 32.2. The van der Waals surface area contributed by atoms with Crippen LogP contribution in [-0.2, 0) is 21.3 Å². The molecule has 0 N–H and O–H groups in total. The number of rotatable bonds is 5. The van der Waals surface area contributed by atoms with Crippen LogP contribution in [-0.4, -0.2) is 60.9 Å². The predicted octanol–water partition coefficient (Wildman–Crippen LogP) is 1.87. The molecule has 2 saturated heterocycles. The summed E-state index contributed by atoms with van der Waals surface area (Å²) >= 11 is 0. The largest absolute Gasteiger partial charge is 0.370 e. The van der Waals surface area contributed by atoms with E-state index >= 15 is 0 Å². The van der Waals surface area contributed by atoms with Crippen LogP contribution in [0.25, 0.3) is 0 Å². The standard InChI is InChI=1S/C19H21N3O5S/c23-22(24)16-6-8-19(9-7-16)28(25,26)21-13-17-11-20(12-18(14-21)27-17)10-15-4-2-1-3-5-15/h1-9,17-18H,10-14H2. The van der Waals surface area contributed by atoms with Gasteiger partial charge in [0.2, 0.25) is 10.0 Å². The van der Waals surface area contributed by atoms with Crippen LogP contribution in [0, 0.1) is 10.1 Å². The maximum absolute atomic E-state index is 13.0. The quantitative estimate of drug-likeness (QED) is 0.559. The van der Waals surface area contributed by atoms with Crippen molar-refractivity contribution >= 4 is 15.7 Å². The molecule has 2 heterocycles. The van der Waals surface area contributed by atoms with Crippen LogP contribution in [0.5, 0.6) is 0 Å². The van der Waals surface area contributed by atoms with Crippen molar-refractivity contribution in [1.82, 2.24) is 9.21 Å². The fourth-order valence-electron chi connectivity index (χ4n) is 3.79. The van der Waals surface area contributed by atoms with Gasteiger partial charge in [-0.25, -0.2) is 8.42 Å². The van der Waals surface area contributed by atoms with Crippen LogP contribution in [0.15, 0.2) is 59.5 Å². The predicted molar refractivity (Wildman–Crippen MR) is 102 cm³/mol. The van der Waals surface area contributed by atoms with Crippen LogP contribution in [0.2, 0.25) is 0 Å². The Morgan fingerprint density at radius 3 is 2.14 bits per heavy atom. The summed E-state index contributed by atoms with van der Waals surface area (Å²) in [5, 5.41) is 10.8. The fourth-order valence-corrected chi connectivity index (χ4v) is 5.30. The maximum atomic E-state index is 13.0. The molecule has 2 aliphatic rings. The maximum Gasteiger partial charge on any atom is 0.269 e. The molecule has 28 heavy (non-hydrogen) atoms. The molecule has 2 bridgehead atoms. The van der Waals surface area contributed by atoms with E-state index in [0.29, 0.717) is 13.1 Å². The molecule has 9 heteroatoms. The van der Waals surface area contributed by atoms with Crippen molar-refractivity contribution < 1.29 is 18.1 Å². The molecule has 0 aromatic heterocycles. The van der Waals surface area contributed by atoms with Crippen molar-refractivity contribution in [3.8, 4) is 0 Å². The van der Waals surface area contributed by atoms with Crippen molar-refractivity contribution in [2.45, 2.75) is 23.6 Å². The number of ether oxygens (including phenoxy) is 1. The van der Waals surface area contributed by atoms with Crippen LogP contribution >= 0.6 is 0 Å². The van der Waals surface area contributed by atoms with E-state index in [4.69, 9.17) is 4.74 Å². The van der Waals surface area contributed by atoms with E-state index in [2.05, 4.69) is 17.0 Å². The van der Waals surface area contributed by atoms with E-state index in [-0.39, 0.29) is 35.9 Å². The monoisotopic (exact) mass is 403 g/mol. The minimum absolute atomic E-state index is 0.0687. The molecule has 2 unspecified atom stereocenters. The number of sulfonamides is 1. The highest BCUT2D eigenvalue weighted by Gasteiger charge is 2.39. The van der Waals surface area contributed by atoms with Crippen molar-refractivity contribution in [2.24, 2.45) is 0 Å². The van der Waals surface area contributed by atoms with Gasteiger partial charge in [0.1, 0.15) is 0 Å². The van der Waals surface area contributed by atoms with E-state index in [1.54, 1.807) is 0 Å². The molecule has 0 aliphatic carbocycles. The first-order valence-corrected chi connectivity index (χ1v) is 10.5. The highest BCUT2D eigenvalue weighted by Crippen LogP contribution is 2.26. The Balaban J connectivity index is 1.45. The Hall–Kier alpha value is -2.33. The van der Waals surface area contributed by atoms with Crippen molar-refractivity contribution in [2.75, 3.05) is 26.2 Å². The van der Waals surface area contributed by atoms with E-state index in [0.717, 1.165) is 6.54 Å². The number of nitro benzene ring substituents is 1. The molecule has 2 fully saturated rings. The number of nitrogens with zero attached hydrogens (tertiary/aromatic N) is 3. The van der Waals surface area contributed by atoms with E-state index < -0.39 is 14.9 Å². The van der Waals surface area contributed by atoms with Crippen LogP contribution < -0.4 is 0 Å². The SMILES string of the molecule is O=[N+]([O-])c1ccc(S(=O)(=O)N2CC3CN(Cc4ccccc4)CC(C2)O3)cc1. The summed E-state index contributed by atoms with van der Waals surface area (Å²) in [5.74, 6) is 0. The van der Waals surface area contributed by atoms with Crippen molar-refractivity contribution in [3.05, 3.63) is 70.3 Å². The first-order chi connectivity index (χ1) is 13.4. The molecule has 2 atom stereocenters. The van der Waals surface area contributed by atoms with Gasteiger partial charge in [-0.1, -0.05) is 30.3 Å². The van der Waals surface area contributed by atoms with Gasteiger partial charge in [0.25, 0.3) is 5.69 Å². The zero-order valence-corrected chi connectivity index (χ0v) is 16.0. The van der Waals surface area contributed by atoms with Crippen LogP contribution in [0.1, 0.15) is 5.56 Å².